The van der Waals surface area contributed by atoms with Crippen LogP contribution in [0.5, 0.6) is 0 Å². The molecule has 0 fully saturated rings. The van der Waals surface area contributed by atoms with Crippen molar-refractivity contribution in [1.29, 1.82) is 0 Å². The summed E-state index contributed by atoms with van der Waals surface area (Å²) in [5.74, 6) is -0.365. The number of fused-ring (bicyclic) bond motifs is 1. The molecule has 1 aromatic carbocycles. The van der Waals surface area contributed by atoms with Gasteiger partial charge in [0.25, 0.3) is 5.56 Å². The highest BCUT2D eigenvalue weighted by Gasteiger charge is 2.26. The monoisotopic (exact) mass is 301 g/mol. The fraction of sp³-hybridized carbons (Fsp3) is 0.250. The number of hydrogen-bond donors (Lipinski definition) is 2. The van der Waals surface area contributed by atoms with Gasteiger partial charge in [-0.25, -0.2) is 13.9 Å². The third-order valence-corrected chi connectivity index (χ3v) is 3.49. The first-order chi connectivity index (χ1) is 10.4. The molecule has 2 N–H and O–H groups in total. The van der Waals surface area contributed by atoms with Crippen LogP contribution in [0.4, 0.5) is 4.39 Å². The summed E-state index contributed by atoms with van der Waals surface area (Å²) in [7, 11) is 0. The van der Waals surface area contributed by atoms with Gasteiger partial charge in [-0.05, 0) is 31.5 Å². The Bertz CT molecular complexity index is 890. The molecule has 0 atom stereocenters. The Balaban J connectivity index is 2.22. The van der Waals surface area contributed by atoms with Crippen LogP contribution in [0.15, 0.2) is 41.3 Å². The molecule has 0 bridgehead atoms. The number of aliphatic hydroxyl groups is 1. The fourth-order valence-electron chi connectivity index (χ4n) is 2.51. The zero-order valence-corrected chi connectivity index (χ0v) is 12.3. The number of aromatic nitrogens is 3. The maximum Gasteiger partial charge on any atom is 0.276 e. The quantitative estimate of drug-likeness (QED) is 0.777. The van der Waals surface area contributed by atoms with Crippen molar-refractivity contribution in [3.63, 3.8) is 0 Å². The standard InChI is InChI=1S/C16H16FN3O2/c1-16(2,22)14-12(9-10-4-3-5-11(17)8-10)15(21)20-13(19-14)6-7-18-20/h3-8,18,22H,9H2,1-2H3. The first-order valence-corrected chi connectivity index (χ1v) is 6.92. The number of rotatable bonds is 3. The third kappa shape index (κ3) is 2.53. The number of nitrogens with zero attached hydrogens (tertiary/aromatic N) is 2. The molecule has 22 heavy (non-hydrogen) atoms. The van der Waals surface area contributed by atoms with Gasteiger partial charge in [0.05, 0.1) is 5.69 Å². The van der Waals surface area contributed by atoms with E-state index in [1.54, 1.807) is 38.2 Å². The van der Waals surface area contributed by atoms with Crippen LogP contribution in [0.1, 0.15) is 30.7 Å². The van der Waals surface area contributed by atoms with E-state index in [0.29, 0.717) is 22.5 Å². The minimum absolute atomic E-state index is 0.199. The molecule has 2 aromatic heterocycles. The van der Waals surface area contributed by atoms with Crippen molar-refractivity contribution in [3.05, 3.63) is 69.5 Å². The summed E-state index contributed by atoms with van der Waals surface area (Å²) in [5, 5.41) is 13.1. The summed E-state index contributed by atoms with van der Waals surface area (Å²) in [6.07, 6.45) is 1.80. The van der Waals surface area contributed by atoms with Crippen LogP contribution in [0, 0.1) is 5.82 Å². The number of nitrogens with one attached hydrogen (secondary N) is 1. The third-order valence-electron chi connectivity index (χ3n) is 3.49. The maximum absolute atomic E-state index is 13.4. The van der Waals surface area contributed by atoms with E-state index < -0.39 is 5.60 Å². The molecule has 0 saturated heterocycles. The second-order valence-corrected chi connectivity index (χ2v) is 5.77. The van der Waals surface area contributed by atoms with Gasteiger partial charge < -0.3 is 5.11 Å². The van der Waals surface area contributed by atoms with E-state index in [9.17, 15) is 14.3 Å². The second-order valence-electron chi connectivity index (χ2n) is 5.77. The molecular formula is C16H16FN3O2. The van der Waals surface area contributed by atoms with E-state index in [2.05, 4.69) is 10.1 Å². The molecule has 6 heteroatoms. The van der Waals surface area contributed by atoms with Gasteiger partial charge in [0.1, 0.15) is 11.4 Å². The Labute approximate surface area is 126 Å². The van der Waals surface area contributed by atoms with Crippen molar-refractivity contribution in [2.75, 3.05) is 0 Å². The minimum atomic E-state index is -1.27. The van der Waals surface area contributed by atoms with Gasteiger partial charge in [-0.1, -0.05) is 12.1 Å². The molecule has 0 radical (unpaired) electrons. The molecule has 0 spiro atoms. The SMILES string of the molecule is CC(C)(O)c1nc2cc[nH]n2c(=O)c1Cc1cccc(F)c1. The van der Waals surface area contributed by atoms with Gasteiger partial charge in [-0.3, -0.25) is 9.89 Å². The zero-order valence-electron chi connectivity index (χ0n) is 12.3. The first-order valence-electron chi connectivity index (χ1n) is 6.92. The number of benzene rings is 1. The fourth-order valence-corrected chi connectivity index (χ4v) is 2.51. The zero-order chi connectivity index (χ0) is 15.9. The Morgan fingerprint density at radius 2 is 2.14 bits per heavy atom. The minimum Gasteiger partial charge on any atom is -0.384 e. The van der Waals surface area contributed by atoms with Gasteiger partial charge in [0.15, 0.2) is 5.65 Å². The molecule has 0 aliphatic carbocycles. The van der Waals surface area contributed by atoms with Gasteiger partial charge in [0.2, 0.25) is 0 Å². The molecule has 0 aliphatic heterocycles. The Morgan fingerprint density at radius 3 is 2.82 bits per heavy atom. The van der Waals surface area contributed by atoms with Crippen LogP contribution in [-0.4, -0.2) is 19.7 Å². The van der Waals surface area contributed by atoms with Crippen molar-refractivity contribution in [3.8, 4) is 0 Å². The number of aromatic amines is 1. The lowest BCUT2D eigenvalue weighted by molar-refractivity contribution is 0.0728. The molecule has 0 aliphatic rings. The van der Waals surface area contributed by atoms with E-state index in [1.807, 2.05) is 0 Å². The molecule has 3 rings (SSSR count). The Kier molecular flexibility index (Phi) is 3.33. The Morgan fingerprint density at radius 1 is 1.36 bits per heavy atom. The summed E-state index contributed by atoms with van der Waals surface area (Å²) in [5.41, 5.74) is 0.171. The van der Waals surface area contributed by atoms with Crippen LogP contribution < -0.4 is 5.56 Å². The van der Waals surface area contributed by atoms with E-state index in [1.165, 1.54) is 16.6 Å². The van der Waals surface area contributed by atoms with Crippen molar-refractivity contribution < 1.29 is 9.50 Å². The van der Waals surface area contributed by atoms with E-state index in [0.717, 1.165) is 0 Å². The maximum atomic E-state index is 13.4. The molecule has 0 unspecified atom stereocenters. The molecule has 2 heterocycles. The smallest absolute Gasteiger partial charge is 0.276 e. The highest BCUT2D eigenvalue weighted by Crippen LogP contribution is 2.22. The number of H-pyrrole nitrogens is 1. The summed E-state index contributed by atoms with van der Waals surface area (Å²) < 4.78 is 14.7. The average molecular weight is 301 g/mol. The van der Waals surface area contributed by atoms with Crippen molar-refractivity contribution in [2.24, 2.45) is 0 Å². The molecule has 5 nitrogen and oxygen atoms in total. The van der Waals surface area contributed by atoms with Gasteiger partial charge in [-0.2, -0.15) is 0 Å². The van der Waals surface area contributed by atoms with Crippen LogP contribution in [-0.2, 0) is 12.0 Å². The lowest BCUT2D eigenvalue weighted by Gasteiger charge is -2.20. The van der Waals surface area contributed by atoms with Crippen LogP contribution in [0.25, 0.3) is 5.65 Å². The summed E-state index contributed by atoms with van der Waals surface area (Å²) in [6, 6.07) is 7.70. The van der Waals surface area contributed by atoms with Crippen molar-refractivity contribution in [2.45, 2.75) is 25.9 Å². The number of hydrogen-bond acceptors (Lipinski definition) is 3. The molecule has 0 amide bonds. The van der Waals surface area contributed by atoms with Gasteiger partial charge >= 0.3 is 0 Å². The summed E-state index contributed by atoms with van der Waals surface area (Å²) in [4.78, 5) is 17.0. The highest BCUT2D eigenvalue weighted by atomic mass is 19.1. The first kappa shape index (κ1) is 14.5. The summed E-state index contributed by atoms with van der Waals surface area (Å²) in [6.45, 7) is 3.15. The van der Waals surface area contributed by atoms with E-state index in [4.69, 9.17) is 0 Å². The predicted molar refractivity (Wildman–Crippen MR) is 80.3 cm³/mol. The topological polar surface area (TPSA) is 70.4 Å². The highest BCUT2D eigenvalue weighted by molar-refractivity contribution is 5.42. The molecule has 0 saturated carbocycles. The lowest BCUT2D eigenvalue weighted by Crippen LogP contribution is -2.29. The molecular weight excluding hydrogens is 285 g/mol. The van der Waals surface area contributed by atoms with Gasteiger partial charge in [-0.15, -0.1) is 0 Å². The summed E-state index contributed by atoms with van der Waals surface area (Å²) >= 11 is 0. The normalized spacial score (nSPS) is 12.0. The van der Waals surface area contributed by atoms with E-state index >= 15 is 0 Å². The Hall–Kier alpha value is -2.47. The second kappa shape index (κ2) is 5.06. The largest absolute Gasteiger partial charge is 0.384 e. The molecule has 114 valence electrons. The molecule has 3 aromatic rings. The van der Waals surface area contributed by atoms with E-state index in [-0.39, 0.29) is 17.8 Å². The number of halogens is 1. The van der Waals surface area contributed by atoms with Gasteiger partial charge in [0, 0.05) is 24.2 Å². The average Bonchev–Trinajstić information content (AvgIpc) is 2.89. The lowest BCUT2D eigenvalue weighted by atomic mass is 9.96. The van der Waals surface area contributed by atoms with Crippen LogP contribution in [0.2, 0.25) is 0 Å². The van der Waals surface area contributed by atoms with Crippen molar-refractivity contribution >= 4 is 5.65 Å². The van der Waals surface area contributed by atoms with Crippen LogP contribution in [0.3, 0.4) is 0 Å². The van der Waals surface area contributed by atoms with Crippen LogP contribution >= 0.6 is 0 Å². The van der Waals surface area contributed by atoms with Crippen molar-refractivity contribution in [1.82, 2.24) is 14.6 Å². The predicted octanol–water partition coefficient (Wildman–Crippen LogP) is 1.98.